The van der Waals surface area contributed by atoms with Gasteiger partial charge in [-0.1, -0.05) is 13.8 Å². The standard InChI is InChI=1S/C21H25N4O3/c1-21(2,11-25(3)4)12-28-14-5-7-16-13(9-14)10-18(23-16)15-6-8-17(19(22)26)24-20(15)27/h5-7,9-10,23H,11-12H2,1-4H3,(H2,22,26)(H,24,27). The molecule has 0 aliphatic carbocycles. The summed E-state index contributed by atoms with van der Waals surface area (Å²) in [5.74, 6) is 0.0497. The monoisotopic (exact) mass is 381 g/mol. The van der Waals surface area contributed by atoms with Gasteiger partial charge in [-0.3, -0.25) is 9.59 Å². The van der Waals surface area contributed by atoms with Crippen LogP contribution in [0.15, 0.2) is 35.1 Å². The van der Waals surface area contributed by atoms with E-state index in [-0.39, 0.29) is 11.1 Å². The summed E-state index contributed by atoms with van der Waals surface area (Å²) in [7, 11) is 4.09. The number of aromatic amines is 2. The summed E-state index contributed by atoms with van der Waals surface area (Å²) in [4.78, 5) is 31.2. The van der Waals surface area contributed by atoms with Crippen molar-refractivity contribution in [2.75, 3.05) is 27.2 Å². The van der Waals surface area contributed by atoms with E-state index in [0.717, 1.165) is 23.2 Å². The SMILES string of the molecule is CN(C)CC(C)(C)COc1ccc2[nH]c(-c3c[c]c(C(N)=O)[nH]c3=O)cc2c1. The van der Waals surface area contributed by atoms with Crippen molar-refractivity contribution in [2.45, 2.75) is 13.8 Å². The fourth-order valence-electron chi connectivity index (χ4n) is 3.29. The minimum absolute atomic E-state index is 0.0209. The normalized spacial score (nSPS) is 11.9. The molecule has 1 aromatic carbocycles. The number of aromatic nitrogens is 2. The third-order valence-electron chi connectivity index (χ3n) is 4.35. The lowest BCUT2D eigenvalue weighted by Crippen LogP contribution is -2.33. The van der Waals surface area contributed by atoms with Crippen LogP contribution in [-0.4, -0.2) is 48.0 Å². The van der Waals surface area contributed by atoms with Crippen molar-refractivity contribution in [3.63, 3.8) is 0 Å². The van der Waals surface area contributed by atoms with E-state index >= 15 is 0 Å². The van der Waals surface area contributed by atoms with E-state index in [1.54, 1.807) is 0 Å². The summed E-state index contributed by atoms with van der Waals surface area (Å²) in [5, 5.41) is 0.927. The van der Waals surface area contributed by atoms with Crippen LogP contribution in [-0.2, 0) is 0 Å². The van der Waals surface area contributed by atoms with Crippen LogP contribution in [0.5, 0.6) is 5.75 Å². The molecule has 147 valence electrons. The largest absolute Gasteiger partial charge is 0.493 e. The molecule has 0 saturated carbocycles. The van der Waals surface area contributed by atoms with Gasteiger partial charge in [-0.2, -0.15) is 0 Å². The number of benzene rings is 1. The summed E-state index contributed by atoms with van der Waals surface area (Å²) >= 11 is 0. The highest BCUT2D eigenvalue weighted by molar-refractivity contribution is 5.91. The van der Waals surface area contributed by atoms with E-state index in [4.69, 9.17) is 10.5 Å². The number of ether oxygens (including phenoxy) is 1. The van der Waals surface area contributed by atoms with Crippen LogP contribution < -0.4 is 16.0 Å². The van der Waals surface area contributed by atoms with E-state index < -0.39 is 11.5 Å². The number of pyridine rings is 1. The molecule has 2 aromatic heterocycles. The highest BCUT2D eigenvalue weighted by Crippen LogP contribution is 2.27. The van der Waals surface area contributed by atoms with Crippen molar-refractivity contribution in [1.82, 2.24) is 14.9 Å². The zero-order chi connectivity index (χ0) is 20.5. The maximum Gasteiger partial charge on any atom is 0.265 e. The number of carbonyl (C=O) groups excluding carboxylic acids is 1. The first kappa shape index (κ1) is 19.7. The first-order chi connectivity index (χ1) is 13.1. The number of nitrogens with two attached hydrogens (primary N) is 1. The molecule has 4 N–H and O–H groups in total. The van der Waals surface area contributed by atoms with Gasteiger partial charge >= 0.3 is 0 Å². The highest BCUT2D eigenvalue weighted by Gasteiger charge is 2.20. The molecule has 3 rings (SSSR count). The quantitative estimate of drug-likeness (QED) is 0.584. The molecule has 0 spiro atoms. The molecule has 28 heavy (non-hydrogen) atoms. The fraction of sp³-hybridized carbons (Fsp3) is 0.333. The Kier molecular flexibility index (Phi) is 5.29. The Morgan fingerprint density at radius 3 is 2.64 bits per heavy atom. The Morgan fingerprint density at radius 2 is 2.00 bits per heavy atom. The molecule has 0 saturated heterocycles. The maximum atomic E-state index is 12.3. The summed E-state index contributed by atoms with van der Waals surface area (Å²) in [6.45, 7) is 5.85. The number of primary amides is 1. The van der Waals surface area contributed by atoms with Crippen molar-refractivity contribution in [1.29, 1.82) is 0 Å². The number of amides is 1. The van der Waals surface area contributed by atoms with Gasteiger partial charge in [0.15, 0.2) is 0 Å². The summed E-state index contributed by atoms with van der Waals surface area (Å²) in [5.41, 5.74) is 6.65. The molecular weight excluding hydrogens is 356 g/mol. The van der Waals surface area contributed by atoms with Crippen LogP contribution in [0.2, 0.25) is 0 Å². The van der Waals surface area contributed by atoms with E-state index in [0.29, 0.717) is 17.9 Å². The first-order valence-electron chi connectivity index (χ1n) is 9.00. The molecular formula is C21H25N4O3. The number of carbonyl (C=O) groups is 1. The Morgan fingerprint density at radius 1 is 1.25 bits per heavy atom. The lowest BCUT2D eigenvalue weighted by molar-refractivity contribution is 0.0995. The number of nitrogens with zero attached hydrogens (tertiary/aromatic N) is 1. The number of H-pyrrole nitrogens is 2. The summed E-state index contributed by atoms with van der Waals surface area (Å²) in [6.07, 6.45) is 0. The smallest absolute Gasteiger partial charge is 0.265 e. The van der Waals surface area contributed by atoms with Crippen molar-refractivity contribution < 1.29 is 9.53 Å². The van der Waals surface area contributed by atoms with Gasteiger partial charge in [0, 0.05) is 28.9 Å². The number of hydrogen-bond donors (Lipinski definition) is 3. The first-order valence-corrected chi connectivity index (χ1v) is 9.00. The highest BCUT2D eigenvalue weighted by atomic mass is 16.5. The number of nitrogens with one attached hydrogen (secondary N) is 2. The molecule has 7 nitrogen and oxygen atoms in total. The van der Waals surface area contributed by atoms with Crippen LogP contribution in [0, 0.1) is 11.5 Å². The van der Waals surface area contributed by atoms with Crippen molar-refractivity contribution in [3.8, 4) is 17.0 Å². The summed E-state index contributed by atoms with van der Waals surface area (Å²) in [6, 6.07) is 11.8. The minimum Gasteiger partial charge on any atom is -0.493 e. The molecule has 2 heterocycles. The third kappa shape index (κ3) is 4.43. The molecule has 0 aliphatic heterocycles. The average Bonchev–Trinajstić information content (AvgIpc) is 3.01. The maximum absolute atomic E-state index is 12.3. The van der Waals surface area contributed by atoms with E-state index in [1.165, 1.54) is 6.07 Å². The zero-order valence-electron chi connectivity index (χ0n) is 16.6. The number of fused-ring (bicyclic) bond motifs is 1. The second-order valence-corrected chi connectivity index (χ2v) is 8.02. The predicted octanol–water partition coefficient (Wildman–Crippen LogP) is 2.39. The molecule has 3 aromatic rings. The Balaban J connectivity index is 1.83. The Hall–Kier alpha value is -3.06. The molecule has 7 heteroatoms. The van der Waals surface area contributed by atoms with Crippen molar-refractivity contribution in [2.24, 2.45) is 11.1 Å². The molecule has 0 fully saturated rings. The van der Waals surface area contributed by atoms with Gasteiger partial charge in [-0.05, 0) is 44.4 Å². The summed E-state index contributed by atoms with van der Waals surface area (Å²) < 4.78 is 5.99. The van der Waals surface area contributed by atoms with Gasteiger partial charge in [0.2, 0.25) is 0 Å². The number of hydrogen-bond acceptors (Lipinski definition) is 4. The van der Waals surface area contributed by atoms with Gasteiger partial charge in [0.25, 0.3) is 11.5 Å². The molecule has 0 bridgehead atoms. The Labute approximate surface area is 163 Å². The van der Waals surface area contributed by atoms with Crippen LogP contribution in [0.4, 0.5) is 0 Å². The average molecular weight is 381 g/mol. The second-order valence-electron chi connectivity index (χ2n) is 8.02. The molecule has 0 atom stereocenters. The molecule has 1 amide bonds. The van der Waals surface area contributed by atoms with Crippen LogP contribution in [0.25, 0.3) is 22.2 Å². The van der Waals surface area contributed by atoms with Gasteiger partial charge in [0.1, 0.15) is 11.4 Å². The molecule has 0 aliphatic rings. The van der Waals surface area contributed by atoms with Gasteiger partial charge < -0.3 is 25.3 Å². The third-order valence-corrected chi connectivity index (χ3v) is 4.35. The second kappa shape index (κ2) is 7.52. The topological polar surface area (TPSA) is 104 Å². The van der Waals surface area contributed by atoms with Gasteiger partial charge in [-0.25, -0.2) is 0 Å². The zero-order valence-corrected chi connectivity index (χ0v) is 16.6. The van der Waals surface area contributed by atoms with Crippen LogP contribution in [0.3, 0.4) is 0 Å². The van der Waals surface area contributed by atoms with E-state index in [1.807, 2.05) is 38.4 Å². The lowest BCUT2D eigenvalue weighted by atomic mass is 9.94. The Bertz CT molecular complexity index is 1060. The molecule has 1 radical (unpaired) electrons. The number of rotatable bonds is 7. The molecule has 0 unspecified atom stereocenters. The van der Waals surface area contributed by atoms with E-state index in [9.17, 15) is 9.59 Å². The fourth-order valence-corrected chi connectivity index (χ4v) is 3.29. The van der Waals surface area contributed by atoms with Gasteiger partial charge in [-0.15, -0.1) is 0 Å². The van der Waals surface area contributed by atoms with E-state index in [2.05, 4.69) is 34.8 Å². The van der Waals surface area contributed by atoms with Crippen LogP contribution in [0.1, 0.15) is 24.3 Å². The minimum atomic E-state index is -0.723. The van der Waals surface area contributed by atoms with Crippen LogP contribution >= 0.6 is 0 Å². The lowest BCUT2D eigenvalue weighted by Gasteiger charge is -2.28. The van der Waals surface area contributed by atoms with Crippen molar-refractivity contribution >= 4 is 16.8 Å². The predicted molar refractivity (Wildman–Crippen MR) is 110 cm³/mol. The van der Waals surface area contributed by atoms with Crippen molar-refractivity contribution in [3.05, 3.63) is 52.4 Å². The van der Waals surface area contributed by atoms with Gasteiger partial charge in [0.05, 0.1) is 17.9 Å².